The maximum Gasteiger partial charge on any atom is 0.333 e. The van der Waals surface area contributed by atoms with Gasteiger partial charge >= 0.3 is 5.97 Å². The van der Waals surface area contributed by atoms with Crippen LogP contribution in [0.1, 0.15) is 11.0 Å². The van der Waals surface area contributed by atoms with Crippen LogP contribution in [-0.4, -0.2) is 16.1 Å². The molecule has 1 heterocycles. The molecular formula is C11H9FN2O2S. The van der Waals surface area contributed by atoms with Crippen molar-refractivity contribution < 1.29 is 14.3 Å². The third-order valence-electron chi connectivity index (χ3n) is 2.12. The Kier molecular flexibility index (Phi) is 3.34. The highest BCUT2D eigenvalue weighted by molar-refractivity contribution is 7.09. The summed E-state index contributed by atoms with van der Waals surface area (Å²) in [6, 6.07) is 4.89. The van der Waals surface area contributed by atoms with E-state index in [4.69, 9.17) is 5.11 Å². The molecule has 6 heteroatoms. The Morgan fingerprint density at radius 2 is 2.24 bits per heavy atom. The van der Waals surface area contributed by atoms with Gasteiger partial charge in [0.15, 0.2) is 6.04 Å². The molecule has 0 spiro atoms. The number of carboxylic acids is 1. The number of para-hydroxylation sites is 1. The van der Waals surface area contributed by atoms with Crippen molar-refractivity contribution in [3.8, 4) is 0 Å². The van der Waals surface area contributed by atoms with Gasteiger partial charge in [0.25, 0.3) is 0 Å². The Hall–Kier alpha value is -1.95. The summed E-state index contributed by atoms with van der Waals surface area (Å²) in [5.41, 5.74) is 0.148. The summed E-state index contributed by atoms with van der Waals surface area (Å²) in [6.07, 6.45) is 1.51. The molecular weight excluding hydrogens is 243 g/mol. The van der Waals surface area contributed by atoms with E-state index in [1.807, 2.05) is 0 Å². The van der Waals surface area contributed by atoms with E-state index in [2.05, 4.69) is 10.3 Å². The lowest BCUT2D eigenvalue weighted by molar-refractivity contribution is -0.138. The number of anilines is 1. The third-order valence-corrected chi connectivity index (χ3v) is 2.96. The number of halogens is 1. The fraction of sp³-hybridized carbons (Fsp3) is 0.0909. The zero-order valence-corrected chi connectivity index (χ0v) is 9.45. The van der Waals surface area contributed by atoms with Crippen LogP contribution in [0.4, 0.5) is 10.1 Å². The van der Waals surface area contributed by atoms with Crippen molar-refractivity contribution >= 4 is 23.0 Å². The van der Waals surface area contributed by atoms with Crippen LogP contribution in [0.25, 0.3) is 0 Å². The van der Waals surface area contributed by atoms with Gasteiger partial charge in [0.05, 0.1) is 5.69 Å². The van der Waals surface area contributed by atoms with Crippen LogP contribution in [0, 0.1) is 5.82 Å². The van der Waals surface area contributed by atoms with E-state index in [9.17, 15) is 9.18 Å². The van der Waals surface area contributed by atoms with Crippen molar-refractivity contribution in [1.82, 2.24) is 4.98 Å². The molecule has 2 rings (SSSR count). The van der Waals surface area contributed by atoms with Crippen molar-refractivity contribution in [1.29, 1.82) is 0 Å². The molecule has 0 fully saturated rings. The first-order valence-electron chi connectivity index (χ1n) is 4.82. The van der Waals surface area contributed by atoms with E-state index in [1.54, 1.807) is 17.5 Å². The summed E-state index contributed by atoms with van der Waals surface area (Å²) in [5.74, 6) is -1.58. The van der Waals surface area contributed by atoms with E-state index in [0.717, 1.165) is 0 Å². The topological polar surface area (TPSA) is 62.2 Å². The molecule has 0 aliphatic rings. The second-order valence-electron chi connectivity index (χ2n) is 3.27. The van der Waals surface area contributed by atoms with E-state index in [-0.39, 0.29) is 5.69 Å². The normalized spacial score (nSPS) is 12.1. The van der Waals surface area contributed by atoms with Gasteiger partial charge in [0, 0.05) is 11.6 Å². The van der Waals surface area contributed by atoms with Crippen molar-refractivity contribution in [3.63, 3.8) is 0 Å². The Bertz CT molecular complexity index is 516. The molecule has 2 N–H and O–H groups in total. The molecule has 17 heavy (non-hydrogen) atoms. The first-order valence-corrected chi connectivity index (χ1v) is 5.69. The lowest BCUT2D eigenvalue weighted by Gasteiger charge is -2.13. The predicted octanol–water partition coefficient (Wildman–Crippen LogP) is 2.52. The number of nitrogens with zero attached hydrogens (tertiary/aromatic N) is 1. The maximum absolute atomic E-state index is 13.4. The maximum atomic E-state index is 13.4. The number of carbonyl (C=O) groups is 1. The monoisotopic (exact) mass is 252 g/mol. The third kappa shape index (κ3) is 2.59. The molecule has 0 aliphatic carbocycles. The Balaban J connectivity index is 2.26. The molecule has 0 radical (unpaired) electrons. The Morgan fingerprint density at radius 3 is 2.82 bits per heavy atom. The molecule has 0 saturated carbocycles. The minimum atomic E-state index is -1.09. The minimum absolute atomic E-state index is 0.148. The van der Waals surface area contributed by atoms with Crippen LogP contribution in [-0.2, 0) is 4.79 Å². The first-order chi connectivity index (χ1) is 8.18. The van der Waals surface area contributed by atoms with E-state index in [1.165, 1.54) is 29.7 Å². The number of hydrogen-bond donors (Lipinski definition) is 2. The minimum Gasteiger partial charge on any atom is -0.479 e. The standard InChI is InChI=1S/C11H9FN2O2S/c12-7-3-1-2-4-8(7)14-9(11(15)16)10-13-5-6-17-10/h1-6,9,14H,(H,15,16). The van der Waals surface area contributed by atoms with Crippen LogP contribution in [0.2, 0.25) is 0 Å². The molecule has 1 unspecified atom stereocenters. The SMILES string of the molecule is O=C(O)C(Nc1ccccc1F)c1nccs1. The highest BCUT2D eigenvalue weighted by Gasteiger charge is 2.22. The van der Waals surface area contributed by atoms with Crippen LogP contribution in [0.5, 0.6) is 0 Å². The van der Waals surface area contributed by atoms with E-state index in [0.29, 0.717) is 5.01 Å². The highest BCUT2D eigenvalue weighted by atomic mass is 32.1. The number of rotatable bonds is 4. The van der Waals surface area contributed by atoms with Crippen molar-refractivity contribution in [3.05, 3.63) is 46.7 Å². The number of aromatic nitrogens is 1. The Labute approximate surface area is 101 Å². The van der Waals surface area contributed by atoms with Gasteiger partial charge in [-0.3, -0.25) is 0 Å². The van der Waals surface area contributed by atoms with Gasteiger partial charge in [-0.05, 0) is 12.1 Å². The summed E-state index contributed by atoms with van der Waals surface area (Å²) in [7, 11) is 0. The average molecular weight is 252 g/mol. The van der Waals surface area contributed by atoms with Crippen LogP contribution < -0.4 is 5.32 Å². The second-order valence-corrected chi connectivity index (χ2v) is 4.19. The number of nitrogens with one attached hydrogen (secondary N) is 1. The van der Waals surface area contributed by atoms with Gasteiger partial charge in [-0.1, -0.05) is 12.1 Å². The van der Waals surface area contributed by atoms with Gasteiger partial charge in [-0.2, -0.15) is 0 Å². The molecule has 88 valence electrons. The van der Waals surface area contributed by atoms with Gasteiger partial charge in [0.1, 0.15) is 10.8 Å². The van der Waals surface area contributed by atoms with Gasteiger partial charge in [-0.25, -0.2) is 14.2 Å². The zero-order chi connectivity index (χ0) is 12.3. The molecule has 1 aromatic carbocycles. The van der Waals surface area contributed by atoms with Crippen LogP contribution in [0.3, 0.4) is 0 Å². The summed E-state index contributed by atoms with van der Waals surface area (Å²) >= 11 is 1.21. The highest BCUT2D eigenvalue weighted by Crippen LogP contribution is 2.23. The fourth-order valence-corrected chi connectivity index (χ4v) is 2.02. The number of aliphatic carboxylic acids is 1. The lowest BCUT2D eigenvalue weighted by Crippen LogP contribution is -2.20. The molecule has 0 bridgehead atoms. The largest absolute Gasteiger partial charge is 0.479 e. The molecule has 0 amide bonds. The number of carboxylic acid groups (broad SMARTS) is 1. The van der Waals surface area contributed by atoms with Crippen molar-refractivity contribution in [2.75, 3.05) is 5.32 Å². The molecule has 0 aliphatic heterocycles. The number of benzene rings is 1. The quantitative estimate of drug-likeness (QED) is 0.877. The molecule has 1 aromatic heterocycles. The lowest BCUT2D eigenvalue weighted by atomic mass is 10.2. The number of thiazole rings is 1. The number of hydrogen-bond acceptors (Lipinski definition) is 4. The summed E-state index contributed by atoms with van der Waals surface area (Å²) in [5, 5.41) is 13.8. The molecule has 1 atom stereocenters. The zero-order valence-electron chi connectivity index (χ0n) is 8.63. The molecule has 4 nitrogen and oxygen atoms in total. The van der Waals surface area contributed by atoms with Crippen LogP contribution in [0.15, 0.2) is 35.8 Å². The summed E-state index contributed by atoms with van der Waals surface area (Å²) in [6.45, 7) is 0. The van der Waals surface area contributed by atoms with Gasteiger partial charge in [-0.15, -0.1) is 11.3 Å². The summed E-state index contributed by atoms with van der Waals surface area (Å²) < 4.78 is 13.4. The smallest absolute Gasteiger partial charge is 0.333 e. The fourth-order valence-electron chi connectivity index (χ4n) is 1.34. The summed E-state index contributed by atoms with van der Waals surface area (Å²) in [4.78, 5) is 15.0. The Morgan fingerprint density at radius 1 is 1.47 bits per heavy atom. The molecule has 2 aromatic rings. The van der Waals surface area contributed by atoms with Crippen molar-refractivity contribution in [2.24, 2.45) is 0 Å². The van der Waals surface area contributed by atoms with E-state index >= 15 is 0 Å². The van der Waals surface area contributed by atoms with E-state index < -0.39 is 17.8 Å². The van der Waals surface area contributed by atoms with Crippen molar-refractivity contribution in [2.45, 2.75) is 6.04 Å². The van der Waals surface area contributed by atoms with Crippen LogP contribution >= 0.6 is 11.3 Å². The first kappa shape index (κ1) is 11.5. The second kappa shape index (κ2) is 4.92. The van der Waals surface area contributed by atoms with Gasteiger partial charge in [0.2, 0.25) is 0 Å². The average Bonchev–Trinajstić information content (AvgIpc) is 2.81. The van der Waals surface area contributed by atoms with Gasteiger partial charge < -0.3 is 10.4 Å². The molecule has 0 saturated heterocycles. The predicted molar refractivity (Wildman–Crippen MR) is 62.5 cm³/mol.